The lowest BCUT2D eigenvalue weighted by molar-refractivity contribution is 0.157. The first kappa shape index (κ1) is 17.7. The van der Waals surface area contributed by atoms with Crippen LogP contribution in [0.15, 0.2) is 35.6 Å². The molecule has 4 heterocycles. The third-order valence-corrected chi connectivity index (χ3v) is 6.40. The monoisotopic (exact) mass is 405 g/mol. The zero-order chi connectivity index (χ0) is 20.3. The summed E-state index contributed by atoms with van der Waals surface area (Å²) in [5.74, 6) is 1.74. The fourth-order valence-corrected chi connectivity index (χ4v) is 4.35. The molecule has 0 radical (unpaired) electrons. The normalized spacial score (nSPS) is 23.6. The van der Waals surface area contributed by atoms with E-state index in [4.69, 9.17) is 14.5 Å². The number of amides is 1. The summed E-state index contributed by atoms with van der Waals surface area (Å²) < 4.78 is 11.3. The molecule has 0 bridgehead atoms. The average Bonchev–Trinajstić information content (AvgIpc) is 3.18. The molecule has 2 saturated heterocycles. The van der Waals surface area contributed by atoms with Crippen LogP contribution in [-0.2, 0) is 11.3 Å². The molecule has 1 atom stereocenters. The van der Waals surface area contributed by atoms with Crippen LogP contribution in [0.25, 0.3) is 0 Å². The quantitative estimate of drug-likeness (QED) is 0.777. The molecule has 154 valence electrons. The first-order valence-electron chi connectivity index (χ1n) is 10.5. The molecular weight excluding hydrogens is 382 g/mol. The second-order valence-corrected chi connectivity index (χ2v) is 8.67. The topological polar surface area (TPSA) is 80.2 Å². The lowest BCUT2D eigenvalue weighted by Gasteiger charge is -2.36. The SMILES string of the molecule is CC1(Oc2ccc3c(c2)C(c2cc(N4CCN5C(=O)OCC5C4)ncn2)=NC3)CC1. The molecule has 30 heavy (non-hydrogen) atoms. The molecule has 2 aromatic rings. The van der Waals surface area contributed by atoms with Crippen molar-refractivity contribution in [2.45, 2.75) is 38.0 Å². The van der Waals surface area contributed by atoms with Gasteiger partial charge in [-0.05, 0) is 37.5 Å². The highest BCUT2D eigenvalue weighted by atomic mass is 16.6. The number of piperazine rings is 1. The van der Waals surface area contributed by atoms with Crippen LogP contribution in [0.2, 0.25) is 0 Å². The number of aliphatic imine (C=N–C) groups is 1. The third-order valence-electron chi connectivity index (χ3n) is 6.40. The predicted octanol–water partition coefficient (Wildman–Crippen LogP) is 2.40. The number of rotatable bonds is 4. The van der Waals surface area contributed by atoms with E-state index < -0.39 is 0 Å². The van der Waals surface area contributed by atoms with Gasteiger partial charge in [-0.2, -0.15) is 0 Å². The van der Waals surface area contributed by atoms with E-state index in [9.17, 15) is 4.79 Å². The molecule has 1 amide bonds. The summed E-state index contributed by atoms with van der Waals surface area (Å²) in [6, 6.07) is 8.31. The van der Waals surface area contributed by atoms with Crippen molar-refractivity contribution in [1.82, 2.24) is 14.9 Å². The van der Waals surface area contributed by atoms with Crippen molar-refractivity contribution in [3.8, 4) is 5.75 Å². The molecule has 1 unspecified atom stereocenters. The number of anilines is 1. The van der Waals surface area contributed by atoms with Crippen LogP contribution < -0.4 is 9.64 Å². The van der Waals surface area contributed by atoms with Gasteiger partial charge in [0.1, 0.15) is 30.1 Å². The van der Waals surface area contributed by atoms with E-state index in [0.29, 0.717) is 26.2 Å². The van der Waals surface area contributed by atoms with Crippen molar-refractivity contribution < 1.29 is 14.3 Å². The minimum atomic E-state index is -0.210. The number of carbonyl (C=O) groups is 1. The minimum absolute atomic E-state index is 0.0142. The molecular formula is C22H23N5O3. The average molecular weight is 405 g/mol. The Balaban J connectivity index is 1.26. The zero-order valence-corrected chi connectivity index (χ0v) is 16.9. The molecule has 0 spiro atoms. The number of cyclic esters (lactones) is 1. The molecule has 1 aromatic carbocycles. The number of benzene rings is 1. The van der Waals surface area contributed by atoms with Gasteiger partial charge >= 0.3 is 6.09 Å². The maximum atomic E-state index is 11.7. The van der Waals surface area contributed by atoms with E-state index in [1.807, 2.05) is 12.1 Å². The molecule has 3 aliphatic heterocycles. The van der Waals surface area contributed by atoms with Gasteiger partial charge < -0.3 is 14.4 Å². The highest BCUT2D eigenvalue weighted by molar-refractivity contribution is 6.14. The minimum Gasteiger partial charge on any atom is -0.488 e. The van der Waals surface area contributed by atoms with E-state index in [1.165, 1.54) is 5.56 Å². The molecule has 1 aliphatic carbocycles. The van der Waals surface area contributed by atoms with Gasteiger partial charge in [0.05, 0.1) is 24.0 Å². The van der Waals surface area contributed by atoms with Crippen LogP contribution in [0, 0.1) is 0 Å². The van der Waals surface area contributed by atoms with Crippen molar-refractivity contribution in [3.63, 3.8) is 0 Å². The summed E-state index contributed by atoms with van der Waals surface area (Å²) in [5.41, 5.74) is 3.96. The Kier molecular flexibility index (Phi) is 3.78. The summed E-state index contributed by atoms with van der Waals surface area (Å²) in [5, 5.41) is 0. The molecule has 1 saturated carbocycles. The van der Waals surface area contributed by atoms with Crippen LogP contribution in [0.1, 0.15) is 36.6 Å². The van der Waals surface area contributed by atoms with Crippen molar-refractivity contribution in [2.75, 3.05) is 31.1 Å². The van der Waals surface area contributed by atoms with Crippen molar-refractivity contribution in [2.24, 2.45) is 4.99 Å². The Morgan fingerprint density at radius 2 is 2.10 bits per heavy atom. The van der Waals surface area contributed by atoms with Gasteiger partial charge in [-0.15, -0.1) is 0 Å². The summed E-state index contributed by atoms with van der Waals surface area (Å²) >= 11 is 0. The molecule has 4 aliphatic rings. The smallest absolute Gasteiger partial charge is 0.410 e. The number of aromatic nitrogens is 2. The number of ether oxygens (including phenoxy) is 2. The van der Waals surface area contributed by atoms with E-state index in [-0.39, 0.29) is 17.7 Å². The summed E-state index contributed by atoms with van der Waals surface area (Å²) in [7, 11) is 0. The van der Waals surface area contributed by atoms with Gasteiger partial charge in [0.15, 0.2) is 0 Å². The van der Waals surface area contributed by atoms with Crippen molar-refractivity contribution >= 4 is 17.6 Å². The van der Waals surface area contributed by atoms with Crippen LogP contribution in [0.5, 0.6) is 5.75 Å². The molecule has 8 heteroatoms. The van der Waals surface area contributed by atoms with Crippen LogP contribution in [0.4, 0.5) is 10.6 Å². The first-order chi connectivity index (χ1) is 14.6. The largest absolute Gasteiger partial charge is 0.488 e. The molecule has 3 fully saturated rings. The van der Waals surface area contributed by atoms with Gasteiger partial charge in [-0.3, -0.25) is 9.89 Å². The fourth-order valence-electron chi connectivity index (χ4n) is 4.35. The van der Waals surface area contributed by atoms with E-state index in [1.54, 1.807) is 11.2 Å². The highest BCUT2D eigenvalue weighted by Crippen LogP contribution is 2.40. The van der Waals surface area contributed by atoms with Gasteiger partial charge in [0, 0.05) is 31.3 Å². The first-order valence-corrected chi connectivity index (χ1v) is 10.5. The number of carbonyl (C=O) groups excluding carboxylic acids is 1. The molecule has 8 nitrogen and oxygen atoms in total. The van der Waals surface area contributed by atoms with Gasteiger partial charge in [0.2, 0.25) is 0 Å². The lowest BCUT2D eigenvalue weighted by Crippen LogP contribution is -2.52. The second-order valence-electron chi connectivity index (χ2n) is 8.67. The lowest BCUT2D eigenvalue weighted by atomic mass is 10.0. The molecule has 6 rings (SSSR count). The van der Waals surface area contributed by atoms with Crippen LogP contribution in [0.3, 0.4) is 0 Å². The summed E-state index contributed by atoms with van der Waals surface area (Å²) in [4.78, 5) is 29.5. The standard InChI is InChI=1S/C22H23N5O3/c1-22(4-5-22)30-16-3-2-14-10-23-20(17(14)8-16)18-9-19(25-13-24-18)26-6-7-27-15(11-26)12-29-21(27)28/h2-3,8-9,13,15H,4-7,10-12H2,1H3. The van der Waals surface area contributed by atoms with Gasteiger partial charge in [-0.1, -0.05) is 6.07 Å². The Bertz CT molecular complexity index is 1060. The number of hydrogen-bond acceptors (Lipinski definition) is 7. The van der Waals surface area contributed by atoms with Crippen molar-refractivity contribution in [1.29, 1.82) is 0 Å². The third kappa shape index (κ3) is 2.98. The Morgan fingerprint density at radius 3 is 2.97 bits per heavy atom. The molecule has 0 N–H and O–H groups in total. The second kappa shape index (κ2) is 6.42. The Labute approximate surface area is 174 Å². The predicted molar refractivity (Wildman–Crippen MR) is 110 cm³/mol. The van der Waals surface area contributed by atoms with E-state index in [2.05, 4.69) is 33.9 Å². The van der Waals surface area contributed by atoms with Gasteiger partial charge in [-0.25, -0.2) is 14.8 Å². The zero-order valence-electron chi connectivity index (χ0n) is 16.9. The van der Waals surface area contributed by atoms with Crippen LogP contribution in [-0.4, -0.2) is 64.6 Å². The summed E-state index contributed by atoms with van der Waals surface area (Å²) in [6.07, 6.45) is 3.59. The number of fused-ring (bicyclic) bond motifs is 2. The van der Waals surface area contributed by atoms with Gasteiger partial charge in [0.25, 0.3) is 0 Å². The molecule has 1 aromatic heterocycles. The maximum absolute atomic E-state index is 11.7. The Hall–Kier alpha value is -3.16. The van der Waals surface area contributed by atoms with E-state index >= 15 is 0 Å². The van der Waals surface area contributed by atoms with E-state index in [0.717, 1.165) is 47.9 Å². The highest BCUT2D eigenvalue weighted by Gasteiger charge is 2.40. The van der Waals surface area contributed by atoms with Crippen LogP contribution >= 0.6 is 0 Å². The fraction of sp³-hybridized carbons (Fsp3) is 0.455. The maximum Gasteiger partial charge on any atom is 0.410 e. The number of nitrogens with zero attached hydrogens (tertiary/aromatic N) is 5. The number of hydrogen-bond donors (Lipinski definition) is 0. The van der Waals surface area contributed by atoms with Crippen molar-refractivity contribution in [3.05, 3.63) is 47.4 Å². The Morgan fingerprint density at radius 1 is 1.20 bits per heavy atom. The summed E-state index contributed by atoms with van der Waals surface area (Å²) in [6.45, 7) is 5.32.